The van der Waals surface area contributed by atoms with Gasteiger partial charge < -0.3 is 14.8 Å². The molecule has 30 heavy (non-hydrogen) atoms. The summed E-state index contributed by atoms with van der Waals surface area (Å²) in [5.74, 6) is 0.733. The molecule has 0 radical (unpaired) electrons. The van der Waals surface area contributed by atoms with Gasteiger partial charge >= 0.3 is 5.97 Å². The molecule has 0 amide bonds. The number of benzene rings is 2. The number of carboxylic acid groups (broad SMARTS) is 1. The van der Waals surface area contributed by atoms with Gasteiger partial charge in [0.15, 0.2) is 0 Å². The van der Waals surface area contributed by atoms with Crippen molar-refractivity contribution < 1.29 is 14.6 Å². The van der Waals surface area contributed by atoms with Crippen LogP contribution in [0.5, 0.6) is 5.75 Å². The first-order valence-electron chi connectivity index (χ1n) is 10.6. The van der Waals surface area contributed by atoms with Crippen LogP contribution >= 0.6 is 0 Å². The molecule has 4 nitrogen and oxygen atoms in total. The summed E-state index contributed by atoms with van der Waals surface area (Å²) >= 11 is 0. The van der Waals surface area contributed by atoms with Crippen molar-refractivity contribution in [2.45, 2.75) is 53.4 Å². The minimum Gasteiger partial charge on any atom is -0.493 e. The number of ether oxygens (including phenoxy) is 1. The number of carboxylic acids is 1. The molecule has 1 aromatic heterocycles. The van der Waals surface area contributed by atoms with Crippen LogP contribution in [0.2, 0.25) is 0 Å². The van der Waals surface area contributed by atoms with Crippen molar-refractivity contribution >= 4 is 22.4 Å². The highest BCUT2D eigenvalue weighted by Gasteiger charge is 2.20. The SMILES string of the molecule is CCOc1c(-c2c[nH]c3ccc(/C(C)=C\C(=O)O)cc23)cc(C(C)C)cc1C(C)C. The van der Waals surface area contributed by atoms with Gasteiger partial charge in [-0.2, -0.15) is 0 Å². The predicted molar refractivity (Wildman–Crippen MR) is 124 cm³/mol. The number of allylic oxidation sites excluding steroid dienone is 1. The van der Waals surface area contributed by atoms with E-state index in [-0.39, 0.29) is 0 Å². The molecule has 3 rings (SSSR count). The second kappa shape index (κ2) is 8.78. The van der Waals surface area contributed by atoms with Crippen molar-refractivity contribution in [3.05, 3.63) is 59.3 Å². The van der Waals surface area contributed by atoms with Gasteiger partial charge in [-0.3, -0.25) is 0 Å². The fourth-order valence-electron chi connectivity index (χ4n) is 3.80. The first-order valence-corrected chi connectivity index (χ1v) is 10.6. The van der Waals surface area contributed by atoms with Crippen LogP contribution < -0.4 is 4.74 Å². The molecule has 2 N–H and O–H groups in total. The number of rotatable bonds is 7. The Balaban J connectivity index is 2.29. The number of hydrogen-bond donors (Lipinski definition) is 2. The summed E-state index contributed by atoms with van der Waals surface area (Å²) in [6.45, 7) is 13.2. The Morgan fingerprint density at radius 3 is 2.43 bits per heavy atom. The van der Waals surface area contributed by atoms with E-state index in [2.05, 4.69) is 50.9 Å². The molecule has 0 aliphatic rings. The number of nitrogens with one attached hydrogen (secondary N) is 1. The number of carbonyl (C=O) groups is 1. The molecule has 2 aromatic carbocycles. The molecular formula is C26H31NO3. The van der Waals surface area contributed by atoms with Gasteiger partial charge in [0, 0.05) is 34.3 Å². The molecule has 0 bridgehead atoms. The fraction of sp³-hybridized carbons (Fsp3) is 0.346. The average molecular weight is 406 g/mol. The van der Waals surface area contributed by atoms with Gasteiger partial charge in [0.2, 0.25) is 0 Å². The second-order valence-electron chi connectivity index (χ2n) is 8.36. The van der Waals surface area contributed by atoms with E-state index in [0.717, 1.165) is 38.9 Å². The molecule has 158 valence electrons. The lowest BCUT2D eigenvalue weighted by Crippen LogP contribution is -2.03. The molecular weight excluding hydrogens is 374 g/mol. The Morgan fingerprint density at radius 1 is 1.10 bits per heavy atom. The number of aromatic amines is 1. The average Bonchev–Trinajstić information content (AvgIpc) is 3.10. The van der Waals surface area contributed by atoms with E-state index in [9.17, 15) is 4.79 Å². The van der Waals surface area contributed by atoms with E-state index in [4.69, 9.17) is 9.84 Å². The van der Waals surface area contributed by atoms with Crippen LogP contribution in [0.15, 0.2) is 42.6 Å². The Kier molecular flexibility index (Phi) is 6.35. The van der Waals surface area contributed by atoms with Gasteiger partial charge in [-0.05, 0) is 66.1 Å². The maximum atomic E-state index is 11.1. The molecule has 0 fully saturated rings. The summed E-state index contributed by atoms with van der Waals surface area (Å²) in [4.78, 5) is 14.5. The monoisotopic (exact) mass is 405 g/mol. The summed E-state index contributed by atoms with van der Waals surface area (Å²) in [5.41, 5.74) is 7.28. The van der Waals surface area contributed by atoms with Crippen LogP contribution in [0.1, 0.15) is 70.1 Å². The van der Waals surface area contributed by atoms with Gasteiger partial charge in [-0.1, -0.05) is 39.8 Å². The molecule has 0 atom stereocenters. The van der Waals surface area contributed by atoms with Crippen molar-refractivity contribution in [2.24, 2.45) is 0 Å². The van der Waals surface area contributed by atoms with Crippen molar-refractivity contribution in [3.8, 4) is 16.9 Å². The van der Waals surface area contributed by atoms with Gasteiger partial charge in [0.25, 0.3) is 0 Å². The number of hydrogen-bond acceptors (Lipinski definition) is 2. The summed E-state index contributed by atoms with van der Waals surface area (Å²) in [6.07, 6.45) is 3.27. The molecule has 3 aromatic rings. The van der Waals surface area contributed by atoms with E-state index in [1.807, 2.05) is 32.2 Å². The van der Waals surface area contributed by atoms with Crippen LogP contribution in [0.3, 0.4) is 0 Å². The Bertz CT molecular complexity index is 1100. The first kappa shape index (κ1) is 21.7. The zero-order chi connectivity index (χ0) is 22.0. The minimum atomic E-state index is -0.938. The lowest BCUT2D eigenvalue weighted by molar-refractivity contribution is -0.131. The highest BCUT2D eigenvalue weighted by Crippen LogP contribution is 2.42. The van der Waals surface area contributed by atoms with Crippen molar-refractivity contribution in [1.29, 1.82) is 0 Å². The number of fused-ring (bicyclic) bond motifs is 1. The van der Waals surface area contributed by atoms with Crippen molar-refractivity contribution in [3.63, 3.8) is 0 Å². The van der Waals surface area contributed by atoms with Crippen molar-refractivity contribution in [2.75, 3.05) is 6.61 Å². The zero-order valence-corrected chi connectivity index (χ0v) is 18.7. The first-order chi connectivity index (χ1) is 14.2. The highest BCUT2D eigenvalue weighted by atomic mass is 16.5. The summed E-state index contributed by atoms with van der Waals surface area (Å²) < 4.78 is 6.16. The summed E-state index contributed by atoms with van der Waals surface area (Å²) in [7, 11) is 0. The Labute approximate surface area is 178 Å². The van der Waals surface area contributed by atoms with E-state index < -0.39 is 5.97 Å². The highest BCUT2D eigenvalue weighted by molar-refractivity contribution is 6.00. The van der Waals surface area contributed by atoms with Crippen LogP contribution in [0.4, 0.5) is 0 Å². The number of aliphatic carboxylic acids is 1. The molecule has 4 heteroatoms. The molecule has 0 aliphatic carbocycles. The van der Waals surface area contributed by atoms with E-state index in [1.54, 1.807) is 0 Å². The third-order valence-corrected chi connectivity index (χ3v) is 5.48. The molecule has 1 heterocycles. The standard InChI is InChI=1S/C26H31NO3/c1-7-30-26-20(16(4)5)12-19(15(2)3)13-22(26)23-14-27-24-9-8-18(11-21(23)24)17(6)10-25(28)29/h8-16,27H,7H2,1-6H3,(H,28,29)/b17-10-. The molecule has 0 unspecified atom stereocenters. The predicted octanol–water partition coefficient (Wildman–Crippen LogP) is 6.97. The maximum absolute atomic E-state index is 11.1. The molecule has 0 saturated heterocycles. The topological polar surface area (TPSA) is 62.3 Å². The second-order valence-corrected chi connectivity index (χ2v) is 8.36. The maximum Gasteiger partial charge on any atom is 0.328 e. The summed E-state index contributed by atoms with van der Waals surface area (Å²) in [6, 6.07) is 10.5. The largest absolute Gasteiger partial charge is 0.493 e. The third-order valence-electron chi connectivity index (χ3n) is 5.48. The van der Waals surface area contributed by atoms with Gasteiger partial charge in [0.05, 0.1) is 6.61 Å². The number of H-pyrrole nitrogens is 1. The summed E-state index contributed by atoms with van der Waals surface area (Å²) in [5, 5.41) is 10.2. The zero-order valence-electron chi connectivity index (χ0n) is 18.7. The third kappa shape index (κ3) is 4.28. The van der Waals surface area contributed by atoms with Gasteiger partial charge in [-0.25, -0.2) is 4.79 Å². The quantitative estimate of drug-likeness (QED) is 0.417. The van der Waals surface area contributed by atoms with Crippen molar-refractivity contribution in [1.82, 2.24) is 4.98 Å². The lowest BCUT2D eigenvalue weighted by atomic mass is 9.89. The number of aromatic nitrogens is 1. The Hall–Kier alpha value is -3.01. The van der Waals surface area contributed by atoms with Crippen LogP contribution in [-0.2, 0) is 4.79 Å². The van der Waals surface area contributed by atoms with E-state index >= 15 is 0 Å². The van der Waals surface area contributed by atoms with Gasteiger partial charge in [0.1, 0.15) is 5.75 Å². The smallest absolute Gasteiger partial charge is 0.328 e. The fourth-order valence-corrected chi connectivity index (χ4v) is 3.80. The molecule has 0 saturated carbocycles. The van der Waals surface area contributed by atoms with Gasteiger partial charge in [-0.15, -0.1) is 0 Å². The lowest BCUT2D eigenvalue weighted by Gasteiger charge is -2.20. The van der Waals surface area contributed by atoms with Crippen LogP contribution in [-0.4, -0.2) is 22.7 Å². The minimum absolute atomic E-state index is 0.338. The van der Waals surface area contributed by atoms with E-state index in [1.165, 1.54) is 17.2 Å². The molecule has 0 aliphatic heterocycles. The Morgan fingerprint density at radius 2 is 1.83 bits per heavy atom. The van der Waals surface area contributed by atoms with Crippen LogP contribution in [0, 0.1) is 0 Å². The molecule has 0 spiro atoms. The van der Waals surface area contributed by atoms with E-state index in [0.29, 0.717) is 18.4 Å². The normalized spacial score (nSPS) is 12.2. The van der Waals surface area contributed by atoms with Crippen LogP contribution in [0.25, 0.3) is 27.6 Å².